The SMILES string of the molecule is CC(=O)N1C[C@@H]2C[C@H](F)[C@H](O)[C@@H]2C1.O=CO. The number of amides is 1. The van der Waals surface area contributed by atoms with E-state index in [0.717, 1.165) is 0 Å². The molecule has 0 radical (unpaired) electrons. The summed E-state index contributed by atoms with van der Waals surface area (Å²) in [5.74, 6) is 0.171. The summed E-state index contributed by atoms with van der Waals surface area (Å²) < 4.78 is 13.0. The monoisotopic (exact) mass is 233 g/mol. The van der Waals surface area contributed by atoms with E-state index in [2.05, 4.69) is 0 Å². The Morgan fingerprint density at radius 2 is 2.06 bits per heavy atom. The van der Waals surface area contributed by atoms with E-state index in [-0.39, 0.29) is 24.2 Å². The first-order valence-electron chi connectivity index (χ1n) is 5.16. The first-order valence-corrected chi connectivity index (χ1v) is 5.16. The van der Waals surface area contributed by atoms with E-state index in [1.54, 1.807) is 4.90 Å². The summed E-state index contributed by atoms with van der Waals surface area (Å²) in [6.07, 6.45) is -1.52. The lowest BCUT2D eigenvalue weighted by atomic mass is 9.99. The number of aliphatic hydroxyl groups is 1. The summed E-state index contributed by atoms with van der Waals surface area (Å²) in [5, 5.41) is 16.3. The van der Waals surface area contributed by atoms with Gasteiger partial charge in [0.15, 0.2) is 0 Å². The third-order valence-corrected chi connectivity index (χ3v) is 3.27. The molecule has 1 heterocycles. The van der Waals surface area contributed by atoms with Crippen molar-refractivity contribution in [1.82, 2.24) is 4.90 Å². The van der Waals surface area contributed by atoms with Gasteiger partial charge in [0.25, 0.3) is 6.47 Å². The third-order valence-electron chi connectivity index (χ3n) is 3.27. The highest BCUT2D eigenvalue weighted by atomic mass is 19.1. The lowest BCUT2D eigenvalue weighted by Gasteiger charge is -2.17. The Balaban J connectivity index is 0.000000386. The van der Waals surface area contributed by atoms with Gasteiger partial charge in [-0.05, 0) is 12.3 Å². The normalized spacial score (nSPS) is 36.3. The predicted octanol–water partition coefficient (Wildman–Crippen LogP) is -0.116. The van der Waals surface area contributed by atoms with Crippen molar-refractivity contribution >= 4 is 12.4 Å². The topological polar surface area (TPSA) is 77.8 Å². The molecule has 16 heavy (non-hydrogen) atoms. The molecular weight excluding hydrogens is 217 g/mol. The second-order valence-electron chi connectivity index (χ2n) is 4.20. The van der Waals surface area contributed by atoms with E-state index in [1.807, 2.05) is 0 Å². The molecule has 92 valence electrons. The molecule has 1 aliphatic carbocycles. The van der Waals surface area contributed by atoms with Gasteiger partial charge in [-0.2, -0.15) is 0 Å². The van der Waals surface area contributed by atoms with Crippen LogP contribution < -0.4 is 0 Å². The molecule has 2 aliphatic rings. The fraction of sp³-hybridized carbons (Fsp3) is 0.800. The van der Waals surface area contributed by atoms with Crippen molar-refractivity contribution in [3.05, 3.63) is 0 Å². The maximum absolute atomic E-state index is 13.0. The minimum Gasteiger partial charge on any atom is -0.483 e. The lowest BCUT2D eigenvalue weighted by molar-refractivity contribution is -0.128. The first-order chi connectivity index (χ1) is 7.51. The van der Waals surface area contributed by atoms with Gasteiger partial charge in [0.1, 0.15) is 6.17 Å². The Labute approximate surface area is 92.9 Å². The molecule has 2 fully saturated rings. The number of likely N-dealkylation sites (tertiary alicyclic amines) is 1. The molecule has 5 nitrogen and oxygen atoms in total. The number of rotatable bonds is 0. The minimum absolute atomic E-state index is 0.0250. The van der Waals surface area contributed by atoms with Crippen LogP contribution in [0.1, 0.15) is 13.3 Å². The fourth-order valence-corrected chi connectivity index (χ4v) is 2.49. The van der Waals surface area contributed by atoms with Crippen molar-refractivity contribution in [2.45, 2.75) is 25.6 Å². The van der Waals surface area contributed by atoms with Gasteiger partial charge in [0, 0.05) is 25.9 Å². The molecule has 0 aromatic carbocycles. The molecule has 1 aliphatic heterocycles. The quantitative estimate of drug-likeness (QED) is 0.572. The minimum atomic E-state index is -1.08. The number of fused-ring (bicyclic) bond motifs is 1. The van der Waals surface area contributed by atoms with Crippen LogP contribution in [0, 0.1) is 11.8 Å². The molecular formula is C10H16FNO4. The molecule has 6 heteroatoms. The summed E-state index contributed by atoms with van der Waals surface area (Å²) in [5.41, 5.74) is 0. The van der Waals surface area contributed by atoms with Crippen molar-refractivity contribution in [1.29, 1.82) is 0 Å². The van der Waals surface area contributed by atoms with E-state index < -0.39 is 12.3 Å². The molecule has 0 unspecified atom stereocenters. The van der Waals surface area contributed by atoms with Crippen molar-refractivity contribution in [3.8, 4) is 0 Å². The zero-order valence-electron chi connectivity index (χ0n) is 9.04. The number of carboxylic acid groups (broad SMARTS) is 1. The van der Waals surface area contributed by atoms with Gasteiger partial charge in [-0.25, -0.2) is 4.39 Å². The summed E-state index contributed by atoms with van der Waals surface area (Å²) in [6, 6.07) is 0. The van der Waals surface area contributed by atoms with Crippen LogP contribution in [0.3, 0.4) is 0 Å². The van der Waals surface area contributed by atoms with Crippen molar-refractivity contribution in [2.24, 2.45) is 11.8 Å². The molecule has 0 aromatic rings. The van der Waals surface area contributed by atoms with Crippen molar-refractivity contribution < 1.29 is 24.2 Å². The highest BCUT2D eigenvalue weighted by Gasteiger charge is 2.48. The molecule has 0 aromatic heterocycles. The Morgan fingerprint density at radius 1 is 1.50 bits per heavy atom. The van der Waals surface area contributed by atoms with Crippen LogP contribution in [0.4, 0.5) is 4.39 Å². The molecule has 1 saturated heterocycles. The number of halogens is 1. The number of carbonyl (C=O) groups is 2. The summed E-state index contributed by atoms with van der Waals surface area (Å²) >= 11 is 0. The lowest BCUT2D eigenvalue weighted by Crippen LogP contribution is -2.31. The van der Waals surface area contributed by atoms with Gasteiger partial charge in [0.05, 0.1) is 6.10 Å². The number of nitrogens with zero attached hydrogens (tertiary/aromatic N) is 1. The maximum Gasteiger partial charge on any atom is 0.290 e. The highest BCUT2D eigenvalue weighted by molar-refractivity contribution is 5.73. The Hall–Kier alpha value is -1.17. The third kappa shape index (κ3) is 2.49. The average Bonchev–Trinajstić information content (AvgIpc) is 2.70. The molecule has 0 spiro atoms. The van der Waals surface area contributed by atoms with Crippen molar-refractivity contribution in [2.75, 3.05) is 13.1 Å². The molecule has 0 bridgehead atoms. The van der Waals surface area contributed by atoms with E-state index in [9.17, 15) is 14.3 Å². The van der Waals surface area contributed by atoms with Gasteiger partial charge in [0.2, 0.25) is 5.91 Å². The van der Waals surface area contributed by atoms with Crippen LogP contribution >= 0.6 is 0 Å². The molecule has 2 rings (SSSR count). The zero-order chi connectivity index (χ0) is 12.3. The summed E-state index contributed by atoms with van der Waals surface area (Å²) in [7, 11) is 0. The van der Waals surface area contributed by atoms with Crippen molar-refractivity contribution in [3.63, 3.8) is 0 Å². The Kier molecular flexibility index (Phi) is 4.23. The number of hydrogen-bond acceptors (Lipinski definition) is 3. The van der Waals surface area contributed by atoms with Crippen LogP contribution in [-0.2, 0) is 9.59 Å². The van der Waals surface area contributed by atoms with Gasteiger partial charge in [-0.15, -0.1) is 0 Å². The van der Waals surface area contributed by atoms with E-state index in [4.69, 9.17) is 9.90 Å². The smallest absolute Gasteiger partial charge is 0.290 e. The molecule has 1 amide bonds. The van der Waals surface area contributed by atoms with Crippen LogP contribution in [0.5, 0.6) is 0 Å². The number of aliphatic hydroxyl groups excluding tert-OH is 1. The largest absolute Gasteiger partial charge is 0.483 e. The second-order valence-corrected chi connectivity index (χ2v) is 4.20. The predicted molar refractivity (Wildman–Crippen MR) is 53.4 cm³/mol. The second kappa shape index (κ2) is 5.25. The Bertz CT molecular complexity index is 274. The van der Waals surface area contributed by atoms with E-state index >= 15 is 0 Å². The molecule has 2 N–H and O–H groups in total. The van der Waals surface area contributed by atoms with E-state index in [0.29, 0.717) is 19.5 Å². The Morgan fingerprint density at radius 3 is 2.50 bits per heavy atom. The molecule has 4 atom stereocenters. The standard InChI is InChI=1S/C9H14FNO2.CH2O2/c1-5(12)11-3-6-2-8(10)9(13)7(6)4-11;2-1-3/h6-9,13H,2-4H2,1H3;1H,(H,2,3)/t6-,7+,8-,9+;/m0./s1. The van der Waals surface area contributed by atoms with Gasteiger partial charge in [-0.3, -0.25) is 9.59 Å². The maximum atomic E-state index is 13.0. The number of carbonyl (C=O) groups excluding carboxylic acids is 1. The first kappa shape index (κ1) is 12.9. The average molecular weight is 233 g/mol. The summed E-state index contributed by atoms with van der Waals surface area (Å²) in [6.45, 7) is 2.42. The van der Waals surface area contributed by atoms with Gasteiger partial charge in [-0.1, -0.05) is 0 Å². The molecule has 1 saturated carbocycles. The zero-order valence-corrected chi connectivity index (χ0v) is 9.04. The van der Waals surface area contributed by atoms with Crippen LogP contribution in [0.15, 0.2) is 0 Å². The highest BCUT2D eigenvalue weighted by Crippen LogP contribution is 2.39. The van der Waals surface area contributed by atoms with Crippen LogP contribution in [0.25, 0.3) is 0 Å². The van der Waals surface area contributed by atoms with Gasteiger partial charge < -0.3 is 15.1 Å². The summed E-state index contributed by atoms with van der Waals surface area (Å²) in [4.78, 5) is 21.1. The fourth-order valence-electron chi connectivity index (χ4n) is 2.49. The van der Waals surface area contributed by atoms with E-state index in [1.165, 1.54) is 6.92 Å². The van der Waals surface area contributed by atoms with Crippen LogP contribution in [0.2, 0.25) is 0 Å². The number of hydrogen-bond donors (Lipinski definition) is 2. The van der Waals surface area contributed by atoms with Gasteiger partial charge >= 0.3 is 0 Å². The number of alkyl halides is 1. The van der Waals surface area contributed by atoms with Crippen LogP contribution in [-0.4, -0.2) is 52.9 Å².